The number of hydrogen-bond acceptors (Lipinski definition) is 3. The first kappa shape index (κ1) is 22.0. The van der Waals surface area contributed by atoms with Gasteiger partial charge in [0, 0.05) is 31.5 Å². The van der Waals surface area contributed by atoms with Crippen molar-refractivity contribution in [2.75, 3.05) is 13.1 Å². The summed E-state index contributed by atoms with van der Waals surface area (Å²) in [4.78, 5) is 4.72. The van der Waals surface area contributed by atoms with E-state index in [-0.39, 0.29) is 35.2 Å². The molecule has 0 saturated heterocycles. The van der Waals surface area contributed by atoms with E-state index in [9.17, 15) is 4.39 Å². The zero-order chi connectivity index (χ0) is 19.4. The third-order valence-electron chi connectivity index (χ3n) is 5.80. The standard InChI is InChI=1S/C21H29FN6.HI/c1-2-23-20(24-14-19-27-26-18-10-4-3-7-13-28(18)19)25-15-21(11-12-21)16-8-5-6-9-17(16)22;/h5-6,8-9H,2-4,7,10-15H2,1H3,(H2,23,24,25);1H. The molecule has 0 spiro atoms. The van der Waals surface area contributed by atoms with E-state index < -0.39 is 0 Å². The Morgan fingerprint density at radius 1 is 1.17 bits per heavy atom. The SMILES string of the molecule is CCNC(=NCc1nnc2n1CCCCC2)NCC1(c2ccccc2F)CC1.I. The predicted molar refractivity (Wildman–Crippen MR) is 123 cm³/mol. The Morgan fingerprint density at radius 3 is 2.76 bits per heavy atom. The number of halogens is 2. The van der Waals surface area contributed by atoms with Crippen LogP contribution in [0.5, 0.6) is 0 Å². The van der Waals surface area contributed by atoms with E-state index in [2.05, 4.69) is 25.4 Å². The molecule has 1 aromatic carbocycles. The fraction of sp³-hybridized carbons (Fsp3) is 0.571. The van der Waals surface area contributed by atoms with Crippen molar-refractivity contribution < 1.29 is 4.39 Å². The molecule has 1 fully saturated rings. The number of aryl methyl sites for hydroxylation is 1. The maximum Gasteiger partial charge on any atom is 0.191 e. The van der Waals surface area contributed by atoms with Crippen molar-refractivity contribution in [3.8, 4) is 0 Å². The van der Waals surface area contributed by atoms with E-state index in [4.69, 9.17) is 4.99 Å². The van der Waals surface area contributed by atoms with E-state index in [1.807, 2.05) is 19.1 Å². The normalized spacial score (nSPS) is 17.7. The molecule has 0 amide bonds. The van der Waals surface area contributed by atoms with Crippen LogP contribution in [0, 0.1) is 5.82 Å². The topological polar surface area (TPSA) is 67.1 Å². The van der Waals surface area contributed by atoms with Crippen LogP contribution in [0.2, 0.25) is 0 Å². The molecule has 158 valence electrons. The second kappa shape index (κ2) is 9.86. The molecule has 2 heterocycles. The smallest absolute Gasteiger partial charge is 0.191 e. The summed E-state index contributed by atoms with van der Waals surface area (Å²) in [7, 11) is 0. The Kier molecular flexibility index (Phi) is 7.48. The minimum absolute atomic E-state index is 0. The lowest BCUT2D eigenvalue weighted by atomic mass is 9.95. The van der Waals surface area contributed by atoms with E-state index >= 15 is 0 Å². The van der Waals surface area contributed by atoms with Crippen molar-refractivity contribution in [2.24, 2.45) is 4.99 Å². The van der Waals surface area contributed by atoms with Gasteiger partial charge in [0.05, 0.1) is 0 Å². The number of guanidine groups is 1. The molecule has 4 rings (SSSR count). The van der Waals surface area contributed by atoms with Gasteiger partial charge in [-0.2, -0.15) is 0 Å². The van der Waals surface area contributed by atoms with Crippen molar-refractivity contribution in [1.29, 1.82) is 0 Å². The zero-order valence-electron chi connectivity index (χ0n) is 17.0. The molecule has 1 aliphatic heterocycles. The van der Waals surface area contributed by atoms with Gasteiger partial charge in [-0.05, 0) is 44.2 Å². The van der Waals surface area contributed by atoms with Gasteiger partial charge in [-0.1, -0.05) is 24.6 Å². The molecule has 2 aliphatic rings. The number of rotatable bonds is 6. The molecule has 29 heavy (non-hydrogen) atoms. The van der Waals surface area contributed by atoms with E-state index in [1.54, 1.807) is 12.1 Å². The highest BCUT2D eigenvalue weighted by atomic mass is 127. The highest BCUT2D eigenvalue weighted by Crippen LogP contribution is 2.48. The number of nitrogens with one attached hydrogen (secondary N) is 2. The number of aromatic nitrogens is 3. The number of aliphatic imine (C=N–C) groups is 1. The van der Waals surface area contributed by atoms with Gasteiger partial charge in [-0.3, -0.25) is 0 Å². The van der Waals surface area contributed by atoms with Gasteiger partial charge in [0.1, 0.15) is 18.2 Å². The predicted octanol–water partition coefficient (Wildman–Crippen LogP) is 3.55. The molecular weight excluding hydrogens is 482 g/mol. The number of fused-ring (bicyclic) bond motifs is 1. The van der Waals surface area contributed by atoms with Crippen LogP contribution in [0.1, 0.15) is 56.2 Å². The molecule has 1 saturated carbocycles. The summed E-state index contributed by atoms with van der Waals surface area (Å²) in [6, 6.07) is 7.11. The van der Waals surface area contributed by atoms with Crippen LogP contribution >= 0.6 is 24.0 Å². The summed E-state index contributed by atoms with van der Waals surface area (Å²) in [5.41, 5.74) is 0.689. The first-order valence-corrected chi connectivity index (χ1v) is 10.4. The summed E-state index contributed by atoms with van der Waals surface area (Å²) in [5.74, 6) is 2.63. The summed E-state index contributed by atoms with van der Waals surface area (Å²) < 4.78 is 16.5. The van der Waals surface area contributed by atoms with Gasteiger partial charge in [-0.25, -0.2) is 9.38 Å². The molecule has 1 aromatic heterocycles. The maximum atomic E-state index is 14.2. The second-order valence-electron chi connectivity index (χ2n) is 7.80. The third-order valence-corrected chi connectivity index (χ3v) is 5.80. The molecular formula is C21H30FIN6. The number of benzene rings is 1. The summed E-state index contributed by atoms with van der Waals surface area (Å²) >= 11 is 0. The van der Waals surface area contributed by atoms with Gasteiger partial charge in [0.2, 0.25) is 0 Å². The average molecular weight is 512 g/mol. The average Bonchev–Trinajstić information content (AvgIpc) is 3.45. The summed E-state index contributed by atoms with van der Waals surface area (Å²) in [6.07, 6.45) is 6.60. The number of nitrogens with zero attached hydrogens (tertiary/aromatic N) is 4. The molecule has 1 aliphatic carbocycles. The molecule has 2 aromatic rings. The van der Waals surface area contributed by atoms with Gasteiger partial charge in [0.15, 0.2) is 11.8 Å². The van der Waals surface area contributed by atoms with Gasteiger partial charge >= 0.3 is 0 Å². The second-order valence-corrected chi connectivity index (χ2v) is 7.80. The summed E-state index contributed by atoms with van der Waals surface area (Å²) in [5, 5.41) is 15.4. The third kappa shape index (κ3) is 5.07. The number of hydrogen-bond donors (Lipinski definition) is 2. The minimum atomic E-state index is -0.118. The van der Waals surface area contributed by atoms with Crippen LogP contribution in [0.25, 0.3) is 0 Å². The summed E-state index contributed by atoms with van der Waals surface area (Å²) in [6.45, 7) is 4.97. The van der Waals surface area contributed by atoms with Gasteiger partial charge in [0.25, 0.3) is 0 Å². The molecule has 0 atom stereocenters. The lowest BCUT2D eigenvalue weighted by Gasteiger charge is -2.19. The largest absolute Gasteiger partial charge is 0.357 e. The molecule has 0 radical (unpaired) electrons. The zero-order valence-corrected chi connectivity index (χ0v) is 19.3. The first-order valence-electron chi connectivity index (χ1n) is 10.4. The van der Waals surface area contributed by atoms with Crippen molar-refractivity contribution in [3.63, 3.8) is 0 Å². The van der Waals surface area contributed by atoms with Gasteiger partial charge < -0.3 is 15.2 Å². The molecule has 0 unspecified atom stereocenters. The fourth-order valence-corrected chi connectivity index (χ4v) is 3.99. The van der Waals surface area contributed by atoms with Crippen molar-refractivity contribution in [3.05, 3.63) is 47.3 Å². The lowest BCUT2D eigenvalue weighted by molar-refractivity contribution is 0.559. The van der Waals surface area contributed by atoms with E-state index in [0.717, 1.165) is 55.5 Å². The Labute approximate surface area is 188 Å². The van der Waals surface area contributed by atoms with E-state index in [1.165, 1.54) is 19.3 Å². The monoisotopic (exact) mass is 512 g/mol. The fourth-order valence-electron chi connectivity index (χ4n) is 3.99. The Bertz CT molecular complexity index is 845. The lowest BCUT2D eigenvalue weighted by Crippen LogP contribution is -2.41. The first-order chi connectivity index (χ1) is 13.7. The van der Waals surface area contributed by atoms with Crippen molar-refractivity contribution >= 4 is 29.9 Å². The maximum absolute atomic E-state index is 14.2. The highest BCUT2D eigenvalue weighted by Gasteiger charge is 2.45. The minimum Gasteiger partial charge on any atom is -0.357 e. The van der Waals surface area contributed by atoms with Gasteiger partial charge in [-0.15, -0.1) is 34.2 Å². The van der Waals surface area contributed by atoms with Crippen LogP contribution in [0.4, 0.5) is 4.39 Å². The Balaban J connectivity index is 0.00000240. The van der Waals surface area contributed by atoms with E-state index in [0.29, 0.717) is 13.1 Å². The molecule has 8 heteroatoms. The van der Waals surface area contributed by atoms with Crippen LogP contribution in [-0.2, 0) is 24.9 Å². The molecule has 2 N–H and O–H groups in total. The Morgan fingerprint density at radius 2 is 2.00 bits per heavy atom. The highest BCUT2D eigenvalue weighted by molar-refractivity contribution is 14.0. The van der Waals surface area contributed by atoms with Crippen LogP contribution < -0.4 is 10.6 Å². The van der Waals surface area contributed by atoms with Crippen molar-refractivity contribution in [1.82, 2.24) is 25.4 Å². The van der Waals surface area contributed by atoms with Crippen LogP contribution in [0.3, 0.4) is 0 Å². The Hall–Kier alpha value is -1.71. The van der Waals surface area contributed by atoms with Crippen LogP contribution in [-0.4, -0.2) is 33.8 Å². The molecule has 0 bridgehead atoms. The van der Waals surface area contributed by atoms with Crippen LogP contribution in [0.15, 0.2) is 29.3 Å². The van der Waals surface area contributed by atoms with Crippen molar-refractivity contribution in [2.45, 2.75) is 64.0 Å². The molecule has 6 nitrogen and oxygen atoms in total. The quantitative estimate of drug-likeness (QED) is 0.353.